The lowest BCUT2D eigenvalue weighted by Crippen LogP contribution is -2.33. The molecule has 0 unspecified atom stereocenters. The molecule has 0 radical (unpaired) electrons. The van der Waals surface area contributed by atoms with Gasteiger partial charge in [0, 0.05) is 13.1 Å². The van der Waals surface area contributed by atoms with Crippen LogP contribution in [0.2, 0.25) is 0 Å². The van der Waals surface area contributed by atoms with Crippen molar-refractivity contribution in [3.8, 4) is 0 Å². The number of para-hydroxylation sites is 1. The van der Waals surface area contributed by atoms with Gasteiger partial charge in [-0.2, -0.15) is 0 Å². The minimum atomic E-state index is -0.391. The number of benzene rings is 1. The second-order valence-corrected chi connectivity index (χ2v) is 6.70. The van der Waals surface area contributed by atoms with Gasteiger partial charge in [0.25, 0.3) is 0 Å². The first-order valence-corrected chi connectivity index (χ1v) is 9.79. The highest BCUT2D eigenvalue weighted by Crippen LogP contribution is 2.27. The summed E-state index contributed by atoms with van der Waals surface area (Å²) in [5, 5.41) is 6.43. The van der Waals surface area contributed by atoms with Gasteiger partial charge in [-0.1, -0.05) is 18.6 Å². The number of hydrogen-bond donors (Lipinski definition) is 3. The molecule has 2 aromatic rings. The first kappa shape index (κ1) is 19.9. The first-order valence-electron chi connectivity index (χ1n) is 9.79. The number of nitrogens with one attached hydrogen (secondary N) is 2. The number of carbonyl (C=O) groups excluding carboxylic acids is 1. The number of carbonyl (C=O) groups is 1. The number of nitrogens with two attached hydrogens (primary N) is 1. The molecule has 150 valence electrons. The highest BCUT2D eigenvalue weighted by Gasteiger charge is 2.15. The molecule has 0 amide bonds. The van der Waals surface area contributed by atoms with Crippen molar-refractivity contribution in [2.75, 3.05) is 49.2 Å². The summed E-state index contributed by atoms with van der Waals surface area (Å²) >= 11 is 0. The quantitative estimate of drug-likeness (QED) is 0.597. The summed E-state index contributed by atoms with van der Waals surface area (Å²) in [4.78, 5) is 23.1. The summed E-state index contributed by atoms with van der Waals surface area (Å²) in [5.74, 6) is 0.647. The molecule has 0 atom stereocenters. The van der Waals surface area contributed by atoms with Gasteiger partial charge in [-0.05, 0) is 45.0 Å². The largest absolute Gasteiger partial charge is 0.462 e. The third-order valence-electron chi connectivity index (χ3n) is 4.73. The summed E-state index contributed by atoms with van der Waals surface area (Å²) in [5.41, 5.74) is 7.69. The molecular weight excluding hydrogens is 356 g/mol. The Morgan fingerprint density at radius 2 is 1.93 bits per heavy atom. The van der Waals surface area contributed by atoms with Crippen LogP contribution < -0.4 is 16.4 Å². The van der Waals surface area contributed by atoms with Gasteiger partial charge in [0.2, 0.25) is 0 Å². The molecule has 1 fully saturated rings. The average molecular weight is 384 g/mol. The van der Waals surface area contributed by atoms with Crippen molar-refractivity contribution in [1.82, 2.24) is 14.9 Å². The van der Waals surface area contributed by atoms with Crippen LogP contribution in [-0.2, 0) is 4.74 Å². The molecule has 0 bridgehead atoms. The van der Waals surface area contributed by atoms with Crippen molar-refractivity contribution < 1.29 is 9.53 Å². The topological polar surface area (TPSA) is 105 Å². The zero-order valence-electron chi connectivity index (χ0n) is 16.3. The fraction of sp³-hybridized carbons (Fsp3) is 0.450. The highest BCUT2D eigenvalue weighted by atomic mass is 16.5. The van der Waals surface area contributed by atoms with Gasteiger partial charge in [-0.25, -0.2) is 14.8 Å². The van der Waals surface area contributed by atoms with Crippen LogP contribution in [0.15, 0.2) is 30.6 Å². The Hall–Kier alpha value is -2.87. The average Bonchev–Trinajstić information content (AvgIpc) is 2.72. The second-order valence-electron chi connectivity index (χ2n) is 6.70. The second kappa shape index (κ2) is 9.89. The van der Waals surface area contributed by atoms with E-state index in [0.717, 1.165) is 26.2 Å². The van der Waals surface area contributed by atoms with Crippen molar-refractivity contribution in [2.24, 2.45) is 0 Å². The van der Waals surface area contributed by atoms with Gasteiger partial charge >= 0.3 is 5.97 Å². The van der Waals surface area contributed by atoms with E-state index in [2.05, 4.69) is 25.5 Å². The molecule has 1 aliphatic heterocycles. The number of piperidine rings is 1. The maximum Gasteiger partial charge on any atom is 0.340 e. The number of hydrogen-bond acceptors (Lipinski definition) is 8. The Bertz CT molecular complexity index is 792. The molecular formula is C20H28N6O2. The minimum Gasteiger partial charge on any atom is -0.462 e. The Labute approximate surface area is 165 Å². The predicted molar refractivity (Wildman–Crippen MR) is 111 cm³/mol. The van der Waals surface area contributed by atoms with Crippen molar-refractivity contribution >= 4 is 29.0 Å². The normalized spacial score (nSPS) is 14.5. The lowest BCUT2D eigenvalue weighted by atomic mass is 10.1. The number of esters is 1. The molecule has 1 aliphatic rings. The van der Waals surface area contributed by atoms with E-state index >= 15 is 0 Å². The molecule has 3 rings (SSSR count). The zero-order chi connectivity index (χ0) is 19.8. The maximum absolute atomic E-state index is 12.2. The van der Waals surface area contributed by atoms with E-state index in [9.17, 15) is 4.79 Å². The lowest BCUT2D eigenvalue weighted by molar-refractivity contribution is 0.0527. The van der Waals surface area contributed by atoms with Crippen LogP contribution in [0, 0.1) is 0 Å². The van der Waals surface area contributed by atoms with E-state index in [-0.39, 0.29) is 0 Å². The number of nitrogens with zero attached hydrogens (tertiary/aromatic N) is 3. The first-order chi connectivity index (χ1) is 13.7. The summed E-state index contributed by atoms with van der Waals surface area (Å²) in [6, 6.07) is 7.11. The number of ether oxygens (including phenoxy) is 1. The monoisotopic (exact) mass is 384 g/mol. The van der Waals surface area contributed by atoms with Gasteiger partial charge in [0.15, 0.2) is 11.6 Å². The number of rotatable bonds is 8. The van der Waals surface area contributed by atoms with E-state index in [0.29, 0.717) is 35.2 Å². The van der Waals surface area contributed by atoms with Gasteiger partial charge < -0.3 is 26.0 Å². The fourth-order valence-corrected chi connectivity index (χ4v) is 3.26. The van der Waals surface area contributed by atoms with Crippen LogP contribution in [0.5, 0.6) is 0 Å². The van der Waals surface area contributed by atoms with Crippen LogP contribution in [0.4, 0.5) is 23.0 Å². The van der Waals surface area contributed by atoms with Crippen LogP contribution in [0.25, 0.3) is 0 Å². The molecule has 0 aliphatic carbocycles. The highest BCUT2D eigenvalue weighted by molar-refractivity contribution is 5.97. The molecule has 4 N–H and O–H groups in total. The molecule has 1 aromatic heterocycles. The standard InChI is InChI=1S/C20H28N6O2/c1-2-28-20(27)15-8-4-5-9-16(15)25-19-17(21)18(23-14-24-19)22-10-13-26-11-6-3-7-12-26/h4-5,8-9,14H,2-3,6-7,10-13,21H2,1H3,(H2,22,23,24,25). The van der Waals surface area contributed by atoms with E-state index < -0.39 is 5.97 Å². The van der Waals surface area contributed by atoms with Crippen LogP contribution in [0.3, 0.4) is 0 Å². The van der Waals surface area contributed by atoms with Gasteiger partial charge in [0.1, 0.15) is 12.0 Å². The van der Waals surface area contributed by atoms with Gasteiger partial charge in [0.05, 0.1) is 17.9 Å². The van der Waals surface area contributed by atoms with Crippen molar-refractivity contribution in [3.63, 3.8) is 0 Å². The molecule has 1 aromatic carbocycles. The number of nitrogen functional groups attached to an aromatic ring is 1. The van der Waals surface area contributed by atoms with E-state index in [1.807, 2.05) is 6.07 Å². The molecule has 0 saturated carbocycles. The molecule has 8 heteroatoms. The Balaban J connectivity index is 1.67. The van der Waals surface area contributed by atoms with Crippen LogP contribution in [-0.4, -0.2) is 53.6 Å². The van der Waals surface area contributed by atoms with Crippen LogP contribution >= 0.6 is 0 Å². The Morgan fingerprint density at radius 1 is 1.18 bits per heavy atom. The molecule has 2 heterocycles. The fourth-order valence-electron chi connectivity index (χ4n) is 3.26. The summed E-state index contributed by atoms with van der Waals surface area (Å²) in [7, 11) is 0. The SMILES string of the molecule is CCOC(=O)c1ccccc1Nc1ncnc(NCCN2CCCCC2)c1N. The van der Waals surface area contributed by atoms with Gasteiger partial charge in [-0.15, -0.1) is 0 Å². The third-order valence-corrected chi connectivity index (χ3v) is 4.73. The molecule has 8 nitrogen and oxygen atoms in total. The Kier molecular flexibility index (Phi) is 7.02. The minimum absolute atomic E-state index is 0.313. The summed E-state index contributed by atoms with van der Waals surface area (Å²) < 4.78 is 5.11. The molecule has 0 spiro atoms. The summed E-state index contributed by atoms with van der Waals surface area (Å²) in [6.07, 6.45) is 5.31. The number of likely N-dealkylation sites (tertiary alicyclic amines) is 1. The number of aromatic nitrogens is 2. The van der Waals surface area contributed by atoms with Crippen LogP contribution in [0.1, 0.15) is 36.5 Å². The lowest BCUT2D eigenvalue weighted by Gasteiger charge is -2.26. The number of anilines is 4. The van der Waals surface area contributed by atoms with Gasteiger partial charge in [-0.3, -0.25) is 0 Å². The van der Waals surface area contributed by atoms with Crippen molar-refractivity contribution in [3.05, 3.63) is 36.2 Å². The van der Waals surface area contributed by atoms with Crippen molar-refractivity contribution in [1.29, 1.82) is 0 Å². The molecule has 1 saturated heterocycles. The molecule has 28 heavy (non-hydrogen) atoms. The summed E-state index contributed by atoms with van der Waals surface area (Å²) in [6.45, 7) is 6.11. The van der Waals surface area contributed by atoms with E-state index in [1.54, 1.807) is 25.1 Å². The third kappa shape index (κ3) is 5.10. The van der Waals surface area contributed by atoms with E-state index in [4.69, 9.17) is 10.5 Å². The maximum atomic E-state index is 12.2. The van der Waals surface area contributed by atoms with Crippen molar-refractivity contribution in [2.45, 2.75) is 26.2 Å². The van der Waals surface area contributed by atoms with E-state index in [1.165, 1.54) is 25.6 Å². The Morgan fingerprint density at radius 3 is 2.71 bits per heavy atom. The predicted octanol–water partition coefficient (Wildman–Crippen LogP) is 2.88. The smallest absolute Gasteiger partial charge is 0.340 e. The zero-order valence-corrected chi connectivity index (χ0v) is 16.3.